The van der Waals surface area contributed by atoms with Gasteiger partial charge in [-0.25, -0.2) is 0 Å². The van der Waals surface area contributed by atoms with Gasteiger partial charge < -0.3 is 9.84 Å². The number of hydrogen-bond acceptors (Lipinski definition) is 5. The fraction of sp³-hybridized carbons (Fsp3) is 0.429. The summed E-state index contributed by atoms with van der Waals surface area (Å²) < 4.78 is 5.21. The first kappa shape index (κ1) is 13.9. The largest absolute Gasteiger partial charge is 0.376 e. The molecule has 0 amide bonds. The first-order valence-electron chi connectivity index (χ1n) is 6.42. The Labute approximate surface area is 118 Å². The van der Waals surface area contributed by atoms with Crippen LogP contribution in [0.15, 0.2) is 34.9 Å². The highest BCUT2D eigenvalue weighted by atomic mass is 32.2. The van der Waals surface area contributed by atoms with Crippen LogP contribution in [0.2, 0.25) is 0 Å². The Kier molecular flexibility index (Phi) is 5.27. The summed E-state index contributed by atoms with van der Waals surface area (Å²) in [6.45, 7) is 4.97. The fourth-order valence-corrected chi connectivity index (χ4v) is 2.43. The van der Waals surface area contributed by atoms with Gasteiger partial charge in [-0.15, -0.1) is 0 Å². The zero-order chi connectivity index (χ0) is 13.5. The summed E-state index contributed by atoms with van der Waals surface area (Å²) in [6.07, 6.45) is 0. The molecule has 2 aromatic rings. The van der Waals surface area contributed by atoms with Gasteiger partial charge in [0.15, 0.2) is 5.82 Å². The molecule has 0 saturated carbocycles. The second-order valence-electron chi connectivity index (χ2n) is 4.73. The van der Waals surface area contributed by atoms with E-state index in [2.05, 4.69) is 29.3 Å². The van der Waals surface area contributed by atoms with Gasteiger partial charge in [0, 0.05) is 5.69 Å². The standard InChI is InChI=1S/C14H19N3OS/c1-11(2)9-19-10-13-16-14(18-17-13)8-15-12-6-4-3-5-7-12/h3-7,11,15H,8-10H2,1-2H3. The van der Waals surface area contributed by atoms with Gasteiger partial charge in [0.2, 0.25) is 5.89 Å². The Morgan fingerprint density at radius 1 is 1.26 bits per heavy atom. The van der Waals surface area contributed by atoms with Gasteiger partial charge in [-0.3, -0.25) is 0 Å². The molecule has 0 atom stereocenters. The molecule has 102 valence electrons. The number of rotatable bonds is 7. The van der Waals surface area contributed by atoms with E-state index in [0.717, 1.165) is 23.0 Å². The quantitative estimate of drug-likeness (QED) is 0.838. The van der Waals surface area contributed by atoms with Crippen molar-refractivity contribution < 1.29 is 4.52 Å². The first-order valence-corrected chi connectivity index (χ1v) is 7.57. The molecule has 4 nitrogen and oxygen atoms in total. The zero-order valence-corrected chi connectivity index (χ0v) is 12.1. The van der Waals surface area contributed by atoms with Crippen LogP contribution in [0.25, 0.3) is 0 Å². The van der Waals surface area contributed by atoms with Crippen LogP contribution in [0, 0.1) is 5.92 Å². The number of nitrogens with zero attached hydrogens (tertiary/aromatic N) is 2. The van der Waals surface area contributed by atoms with Crippen LogP contribution in [0.5, 0.6) is 0 Å². The van der Waals surface area contributed by atoms with Crippen molar-refractivity contribution in [3.63, 3.8) is 0 Å². The van der Waals surface area contributed by atoms with E-state index >= 15 is 0 Å². The molecule has 0 aliphatic rings. The highest BCUT2D eigenvalue weighted by Gasteiger charge is 2.06. The lowest BCUT2D eigenvalue weighted by atomic mass is 10.3. The lowest BCUT2D eigenvalue weighted by molar-refractivity contribution is 0.379. The van der Waals surface area contributed by atoms with Crippen molar-refractivity contribution in [3.05, 3.63) is 42.0 Å². The summed E-state index contributed by atoms with van der Waals surface area (Å²) in [5.74, 6) is 4.02. The molecule has 0 fully saturated rings. The van der Waals surface area contributed by atoms with Crippen LogP contribution in [-0.2, 0) is 12.3 Å². The third-order valence-electron chi connectivity index (χ3n) is 2.41. The minimum absolute atomic E-state index is 0.561. The SMILES string of the molecule is CC(C)CSCc1noc(CNc2ccccc2)n1. The number of para-hydroxylation sites is 1. The number of benzene rings is 1. The maximum atomic E-state index is 5.21. The van der Waals surface area contributed by atoms with Crippen molar-refractivity contribution in [2.75, 3.05) is 11.1 Å². The summed E-state index contributed by atoms with van der Waals surface area (Å²) in [5.41, 5.74) is 1.05. The Morgan fingerprint density at radius 3 is 2.79 bits per heavy atom. The second kappa shape index (κ2) is 7.19. The first-order chi connectivity index (χ1) is 9.24. The normalized spacial score (nSPS) is 10.9. The van der Waals surface area contributed by atoms with E-state index in [4.69, 9.17) is 4.52 Å². The molecule has 0 saturated heterocycles. The topological polar surface area (TPSA) is 51.0 Å². The lowest BCUT2D eigenvalue weighted by Gasteiger charge is -2.01. The summed E-state index contributed by atoms with van der Waals surface area (Å²) in [6, 6.07) is 9.99. The minimum Gasteiger partial charge on any atom is -0.376 e. The predicted molar refractivity (Wildman–Crippen MR) is 79.1 cm³/mol. The number of aromatic nitrogens is 2. The van der Waals surface area contributed by atoms with E-state index in [0.29, 0.717) is 18.4 Å². The zero-order valence-electron chi connectivity index (χ0n) is 11.3. The summed E-state index contributed by atoms with van der Waals surface area (Å²) in [4.78, 5) is 4.36. The van der Waals surface area contributed by atoms with Gasteiger partial charge in [0.05, 0.1) is 12.3 Å². The van der Waals surface area contributed by atoms with Crippen LogP contribution < -0.4 is 5.32 Å². The molecule has 0 aliphatic carbocycles. The van der Waals surface area contributed by atoms with Crippen LogP contribution in [0.1, 0.15) is 25.6 Å². The number of hydrogen-bond donors (Lipinski definition) is 1. The van der Waals surface area contributed by atoms with Gasteiger partial charge >= 0.3 is 0 Å². The summed E-state index contributed by atoms with van der Waals surface area (Å²) >= 11 is 1.84. The summed E-state index contributed by atoms with van der Waals surface area (Å²) in [5, 5.41) is 7.22. The highest BCUT2D eigenvalue weighted by Crippen LogP contribution is 2.13. The summed E-state index contributed by atoms with van der Waals surface area (Å²) in [7, 11) is 0. The third kappa shape index (κ3) is 4.95. The molecule has 1 aromatic heterocycles. The van der Waals surface area contributed by atoms with Gasteiger partial charge in [-0.05, 0) is 23.8 Å². The average molecular weight is 277 g/mol. The van der Waals surface area contributed by atoms with Crippen LogP contribution in [0.4, 0.5) is 5.69 Å². The molecule has 0 aliphatic heterocycles. The van der Waals surface area contributed by atoms with Gasteiger partial charge in [0.25, 0.3) is 0 Å². The molecule has 5 heteroatoms. The number of thioether (sulfide) groups is 1. The number of nitrogens with one attached hydrogen (secondary N) is 1. The fourth-order valence-electron chi connectivity index (χ4n) is 1.54. The Hall–Kier alpha value is -1.49. The predicted octanol–water partition coefficient (Wildman–Crippen LogP) is 3.57. The smallest absolute Gasteiger partial charge is 0.245 e. The van der Waals surface area contributed by atoms with Crippen molar-refractivity contribution in [3.8, 4) is 0 Å². The monoisotopic (exact) mass is 277 g/mol. The van der Waals surface area contributed by atoms with E-state index in [1.165, 1.54) is 0 Å². The van der Waals surface area contributed by atoms with Crippen LogP contribution in [0.3, 0.4) is 0 Å². The van der Waals surface area contributed by atoms with Crippen molar-refractivity contribution in [1.82, 2.24) is 10.1 Å². The average Bonchev–Trinajstić information content (AvgIpc) is 2.85. The van der Waals surface area contributed by atoms with E-state index in [9.17, 15) is 0 Å². The van der Waals surface area contributed by atoms with E-state index in [1.807, 2.05) is 42.1 Å². The van der Waals surface area contributed by atoms with E-state index in [-0.39, 0.29) is 0 Å². The molecule has 1 N–H and O–H groups in total. The maximum absolute atomic E-state index is 5.21. The molecule has 1 aromatic carbocycles. The highest BCUT2D eigenvalue weighted by molar-refractivity contribution is 7.98. The van der Waals surface area contributed by atoms with Crippen molar-refractivity contribution in [1.29, 1.82) is 0 Å². The van der Waals surface area contributed by atoms with E-state index < -0.39 is 0 Å². The van der Waals surface area contributed by atoms with E-state index in [1.54, 1.807) is 0 Å². The molecule has 2 rings (SSSR count). The van der Waals surface area contributed by atoms with Gasteiger partial charge in [-0.2, -0.15) is 16.7 Å². The molecule has 0 radical (unpaired) electrons. The molecule has 1 heterocycles. The lowest BCUT2D eigenvalue weighted by Crippen LogP contribution is -1.99. The Morgan fingerprint density at radius 2 is 2.05 bits per heavy atom. The van der Waals surface area contributed by atoms with Crippen LogP contribution in [-0.4, -0.2) is 15.9 Å². The third-order valence-corrected chi connectivity index (χ3v) is 3.77. The van der Waals surface area contributed by atoms with Crippen molar-refractivity contribution in [2.24, 2.45) is 5.92 Å². The van der Waals surface area contributed by atoms with Gasteiger partial charge in [0.1, 0.15) is 0 Å². The molecular formula is C14H19N3OS. The Balaban J connectivity index is 1.77. The minimum atomic E-state index is 0.561. The van der Waals surface area contributed by atoms with Gasteiger partial charge in [-0.1, -0.05) is 37.2 Å². The second-order valence-corrected chi connectivity index (χ2v) is 5.76. The molecular weight excluding hydrogens is 258 g/mol. The van der Waals surface area contributed by atoms with Crippen molar-refractivity contribution >= 4 is 17.4 Å². The molecule has 19 heavy (non-hydrogen) atoms. The van der Waals surface area contributed by atoms with Crippen molar-refractivity contribution in [2.45, 2.75) is 26.1 Å². The molecule has 0 spiro atoms. The Bertz CT molecular complexity index is 484. The number of anilines is 1. The molecule has 0 bridgehead atoms. The molecule has 0 unspecified atom stereocenters. The maximum Gasteiger partial charge on any atom is 0.245 e. The van der Waals surface area contributed by atoms with Crippen LogP contribution >= 0.6 is 11.8 Å².